The highest BCUT2D eigenvalue weighted by atomic mass is 16.5. The second-order valence-corrected chi connectivity index (χ2v) is 8.00. The average molecular weight is 362 g/mol. The summed E-state index contributed by atoms with van der Waals surface area (Å²) < 4.78 is 11.7. The molecule has 0 spiro atoms. The molecule has 0 N–H and O–H groups in total. The number of rotatable bonds is 4. The summed E-state index contributed by atoms with van der Waals surface area (Å²) in [5, 5.41) is 8.96. The van der Waals surface area contributed by atoms with Gasteiger partial charge in [0.15, 0.2) is 0 Å². The highest BCUT2D eigenvalue weighted by Gasteiger charge is 2.50. The topological polar surface area (TPSA) is 45.5 Å². The predicted octanol–water partition coefficient (Wildman–Crippen LogP) is 3.78. The van der Waals surface area contributed by atoms with Crippen LogP contribution in [-0.2, 0) is 11.8 Å². The number of hydrogen-bond acceptors (Lipinski definition) is 4. The molecule has 1 saturated heterocycles. The molecular weight excluding hydrogens is 336 g/mol. The van der Waals surface area contributed by atoms with Gasteiger partial charge in [-0.05, 0) is 74.0 Å². The maximum absolute atomic E-state index is 8.96. The molecular formula is C23H26N2O2. The van der Waals surface area contributed by atoms with Gasteiger partial charge in [-0.15, -0.1) is 0 Å². The van der Waals surface area contributed by atoms with Crippen LogP contribution in [0.25, 0.3) is 0 Å². The molecule has 2 aliphatic rings. The molecule has 2 bridgehead atoms. The van der Waals surface area contributed by atoms with Crippen molar-refractivity contribution < 1.29 is 9.47 Å². The molecule has 4 nitrogen and oxygen atoms in total. The Morgan fingerprint density at radius 3 is 2.63 bits per heavy atom. The van der Waals surface area contributed by atoms with E-state index >= 15 is 0 Å². The van der Waals surface area contributed by atoms with Gasteiger partial charge >= 0.3 is 0 Å². The van der Waals surface area contributed by atoms with E-state index in [1.807, 2.05) is 24.3 Å². The SMILES string of the molecule is COc1ccc2c(c1)[C@@]1(C)CCN(C)C(C2)[C@H]1COc1ccc(C#N)cc1. The summed E-state index contributed by atoms with van der Waals surface area (Å²) >= 11 is 0. The van der Waals surface area contributed by atoms with Gasteiger partial charge in [0.05, 0.1) is 25.3 Å². The molecule has 4 heteroatoms. The lowest BCUT2D eigenvalue weighted by molar-refractivity contribution is 0.0118. The van der Waals surface area contributed by atoms with Crippen molar-refractivity contribution in [2.45, 2.75) is 31.2 Å². The zero-order chi connectivity index (χ0) is 19.0. The number of benzene rings is 2. The number of likely N-dealkylation sites (tertiary alicyclic amines) is 1. The average Bonchev–Trinajstić information content (AvgIpc) is 2.70. The van der Waals surface area contributed by atoms with Crippen molar-refractivity contribution in [3.8, 4) is 17.6 Å². The molecule has 3 atom stereocenters. The Balaban J connectivity index is 1.63. The number of likely N-dealkylation sites (N-methyl/N-ethyl adjacent to an activating group) is 1. The molecule has 140 valence electrons. The van der Waals surface area contributed by atoms with Crippen molar-refractivity contribution in [1.29, 1.82) is 5.26 Å². The Labute approximate surface area is 161 Å². The van der Waals surface area contributed by atoms with Gasteiger partial charge in [-0.25, -0.2) is 0 Å². The minimum Gasteiger partial charge on any atom is -0.497 e. The highest BCUT2D eigenvalue weighted by molar-refractivity contribution is 5.45. The molecule has 2 aromatic rings. The number of nitriles is 1. The minimum atomic E-state index is 0.0753. The summed E-state index contributed by atoms with van der Waals surface area (Å²) in [4.78, 5) is 2.49. The molecule has 0 saturated carbocycles. The van der Waals surface area contributed by atoms with Gasteiger partial charge < -0.3 is 14.4 Å². The fourth-order valence-electron chi connectivity index (χ4n) is 4.85. The van der Waals surface area contributed by atoms with E-state index in [0.29, 0.717) is 24.1 Å². The lowest BCUT2D eigenvalue weighted by Crippen LogP contribution is -2.59. The van der Waals surface area contributed by atoms with Crippen molar-refractivity contribution in [2.75, 3.05) is 27.3 Å². The Morgan fingerprint density at radius 1 is 1.19 bits per heavy atom. The third-order valence-electron chi connectivity index (χ3n) is 6.61. The zero-order valence-corrected chi connectivity index (χ0v) is 16.2. The Hall–Kier alpha value is -2.51. The Kier molecular flexibility index (Phi) is 4.57. The number of ether oxygens (including phenoxy) is 2. The lowest BCUT2D eigenvalue weighted by atomic mass is 9.58. The number of methoxy groups -OCH3 is 1. The van der Waals surface area contributed by atoms with E-state index in [9.17, 15) is 0 Å². The minimum absolute atomic E-state index is 0.0753. The molecule has 1 fully saturated rings. The molecule has 0 radical (unpaired) electrons. The summed E-state index contributed by atoms with van der Waals surface area (Å²) in [5.74, 6) is 2.17. The molecule has 27 heavy (non-hydrogen) atoms. The summed E-state index contributed by atoms with van der Waals surface area (Å²) in [5.41, 5.74) is 3.58. The fourth-order valence-corrected chi connectivity index (χ4v) is 4.85. The second-order valence-electron chi connectivity index (χ2n) is 8.00. The van der Waals surface area contributed by atoms with Gasteiger partial charge in [-0.1, -0.05) is 13.0 Å². The van der Waals surface area contributed by atoms with E-state index in [2.05, 4.69) is 43.1 Å². The van der Waals surface area contributed by atoms with E-state index in [4.69, 9.17) is 14.7 Å². The Morgan fingerprint density at radius 2 is 1.93 bits per heavy atom. The van der Waals surface area contributed by atoms with Crippen LogP contribution < -0.4 is 9.47 Å². The first-order valence-electron chi connectivity index (χ1n) is 9.56. The van der Waals surface area contributed by atoms with Crippen LogP contribution in [0.2, 0.25) is 0 Å². The van der Waals surface area contributed by atoms with Crippen LogP contribution >= 0.6 is 0 Å². The smallest absolute Gasteiger partial charge is 0.119 e. The van der Waals surface area contributed by atoms with Crippen LogP contribution in [0.1, 0.15) is 30.0 Å². The third-order valence-corrected chi connectivity index (χ3v) is 6.61. The quantitative estimate of drug-likeness (QED) is 0.830. The second kappa shape index (κ2) is 6.90. The molecule has 1 aliphatic carbocycles. The van der Waals surface area contributed by atoms with Gasteiger partial charge in [0.25, 0.3) is 0 Å². The van der Waals surface area contributed by atoms with E-state index in [0.717, 1.165) is 30.9 Å². The van der Waals surface area contributed by atoms with E-state index in [1.165, 1.54) is 11.1 Å². The van der Waals surface area contributed by atoms with E-state index in [1.54, 1.807) is 7.11 Å². The molecule has 1 aliphatic heterocycles. The summed E-state index contributed by atoms with van der Waals surface area (Å²) in [6, 6.07) is 16.6. The molecule has 0 aromatic heterocycles. The number of piperidine rings is 1. The van der Waals surface area contributed by atoms with Gasteiger partial charge in [0.1, 0.15) is 11.5 Å². The van der Waals surface area contributed by atoms with Crippen LogP contribution in [-0.4, -0.2) is 38.3 Å². The van der Waals surface area contributed by atoms with Gasteiger partial charge in [0.2, 0.25) is 0 Å². The summed E-state index contributed by atoms with van der Waals surface area (Å²) in [6.45, 7) is 4.16. The van der Waals surface area contributed by atoms with Gasteiger partial charge in [0, 0.05) is 17.4 Å². The maximum atomic E-state index is 8.96. The fraction of sp³-hybridized carbons (Fsp3) is 0.435. The molecule has 4 rings (SSSR count). The normalized spacial score (nSPS) is 26.7. The van der Waals surface area contributed by atoms with Crippen LogP contribution in [0, 0.1) is 17.2 Å². The van der Waals surface area contributed by atoms with Crippen LogP contribution in [0.4, 0.5) is 0 Å². The van der Waals surface area contributed by atoms with Crippen molar-refractivity contribution in [3.63, 3.8) is 0 Å². The van der Waals surface area contributed by atoms with E-state index in [-0.39, 0.29) is 5.41 Å². The first kappa shape index (κ1) is 17.9. The van der Waals surface area contributed by atoms with Gasteiger partial charge in [-0.2, -0.15) is 5.26 Å². The molecule has 1 heterocycles. The first-order valence-corrected chi connectivity index (χ1v) is 9.56. The Bertz CT molecular complexity index is 871. The van der Waals surface area contributed by atoms with Crippen LogP contribution in [0.3, 0.4) is 0 Å². The predicted molar refractivity (Wildman–Crippen MR) is 105 cm³/mol. The highest BCUT2D eigenvalue weighted by Crippen LogP contribution is 2.49. The molecule has 0 amide bonds. The standard InChI is InChI=1S/C23H26N2O2/c1-23-10-11-25(2)22(12-17-6-9-19(26-3)13-20(17)23)21(23)15-27-18-7-4-16(14-24)5-8-18/h4-9,13,21-22H,10-12,15H2,1-3H3/t21-,22?,23-/m1/s1. The number of nitrogens with zero attached hydrogens (tertiary/aromatic N) is 2. The van der Waals surface area contributed by atoms with Crippen molar-refractivity contribution >= 4 is 0 Å². The molecule has 1 unspecified atom stereocenters. The van der Waals surface area contributed by atoms with Crippen molar-refractivity contribution in [2.24, 2.45) is 5.92 Å². The third kappa shape index (κ3) is 3.07. The van der Waals surface area contributed by atoms with Crippen molar-refractivity contribution in [3.05, 3.63) is 59.2 Å². The van der Waals surface area contributed by atoms with Crippen LogP contribution in [0.15, 0.2) is 42.5 Å². The first-order chi connectivity index (χ1) is 13.0. The number of hydrogen-bond donors (Lipinski definition) is 0. The largest absolute Gasteiger partial charge is 0.497 e. The maximum Gasteiger partial charge on any atom is 0.119 e. The van der Waals surface area contributed by atoms with Gasteiger partial charge in [-0.3, -0.25) is 0 Å². The summed E-state index contributed by atoms with van der Waals surface area (Å²) in [6.07, 6.45) is 2.16. The lowest BCUT2D eigenvalue weighted by Gasteiger charge is -2.54. The molecule has 2 aromatic carbocycles. The van der Waals surface area contributed by atoms with Crippen LogP contribution in [0.5, 0.6) is 11.5 Å². The summed E-state index contributed by atoms with van der Waals surface area (Å²) in [7, 11) is 3.96. The zero-order valence-electron chi connectivity index (χ0n) is 16.2. The van der Waals surface area contributed by atoms with Crippen molar-refractivity contribution in [1.82, 2.24) is 4.90 Å². The number of fused-ring (bicyclic) bond motifs is 4. The van der Waals surface area contributed by atoms with E-state index < -0.39 is 0 Å². The monoisotopic (exact) mass is 362 g/mol.